The van der Waals surface area contributed by atoms with E-state index < -0.39 is 0 Å². The van der Waals surface area contributed by atoms with E-state index in [-0.39, 0.29) is 0 Å². The van der Waals surface area contributed by atoms with Crippen LogP contribution in [0.2, 0.25) is 0 Å². The van der Waals surface area contributed by atoms with Crippen molar-refractivity contribution < 1.29 is 0 Å². The highest BCUT2D eigenvalue weighted by Crippen LogP contribution is 2.14. The molecule has 79 valence electrons. The first-order valence-corrected chi connectivity index (χ1v) is 5.09. The molecule has 0 bridgehead atoms. The van der Waals surface area contributed by atoms with Gasteiger partial charge in [-0.25, -0.2) is 4.98 Å². The van der Waals surface area contributed by atoms with Crippen LogP contribution in [0.15, 0.2) is 30.5 Å². The number of nitriles is 1. The second kappa shape index (κ2) is 4.19. The van der Waals surface area contributed by atoms with Gasteiger partial charge in [0.1, 0.15) is 5.82 Å². The molecular formula is C13H12N3. The second-order valence-corrected chi connectivity index (χ2v) is 3.58. The minimum atomic E-state index is 0.630. The van der Waals surface area contributed by atoms with Crippen molar-refractivity contribution in [3.63, 3.8) is 0 Å². The Kier molecular flexibility index (Phi) is 2.74. The molecule has 0 amide bonds. The molecule has 3 heteroatoms. The highest BCUT2D eigenvalue weighted by atomic mass is 15.1. The average molecular weight is 210 g/mol. The number of aromatic nitrogens is 2. The molecule has 16 heavy (non-hydrogen) atoms. The van der Waals surface area contributed by atoms with Crippen molar-refractivity contribution in [1.82, 2.24) is 9.55 Å². The van der Waals surface area contributed by atoms with Crippen LogP contribution in [0.4, 0.5) is 0 Å². The van der Waals surface area contributed by atoms with Crippen LogP contribution in [0.5, 0.6) is 0 Å². The maximum atomic E-state index is 8.85. The van der Waals surface area contributed by atoms with Crippen LogP contribution in [0, 0.1) is 25.2 Å². The van der Waals surface area contributed by atoms with Gasteiger partial charge in [0.25, 0.3) is 0 Å². The van der Waals surface area contributed by atoms with Gasteiger partial charge in [0.2, 0.25) is 0 Å². The van der Waals surface area contributed by atoms with Crippen LogP contribution < -0.4 is 0 Å². The third kappa shape index (κ3) is 1.82. The standard InChI is InChI=1S/C13H12N3/c1-3-13-15-10(2)9-16(13)12-6-4-5-11(7-12)8-14/h4-7,9H,1,3H2,2H3. The lowest BCUT2D eigenvalue weighted by atomic mass is 10.2. The maximum Gasteiger partial charge on any atom is 0.113 e. The molecule has 0 aliphatic heterocycles. The van der Waals surface area contributed by atoms with Gasteiger partial charge in [-0.2, -0.15) is 5.26 Å². The van der Waals surface area contributed by atoms with E-state index in [1.165, 1.54) is 0 Å². The Morgan fingerprint density at radius 1 is 1.50 bits per heavy atom. The summed E-state index contributed by atoms with van der Waals surface area (Å²) >= 11 is 0. The Balaban J connectivity index is 2.54. The molecule has 0 spiro atoms. The fourth-order valence-corrected chi connectivity index (χ4v) is 1.67. The van der Waals surface area contributed by atoms with Gasteiger partial charge in [-0.3, -0.25) is 0 Å². The molecule has 2 rings (SSSR count). The minimum absolute atomic E-state index is 0.630. The van der Waals surface area contributed by atoms with Gasteiger partial charge in [-0.15, -0.1) is 0 Å². The summed E-state index contributed by atoms with van der Waals surface area (Å²) in [6.45, 7) is 5.80. The second-order valence-electron chi connectivity index (χ2n) is 3.58. The van der Waals surface area contributed by atoms with Crippen LogP contribution in [0.1, 0.15) is 17.1 Å². The van der Waals surface area contributed by atoms with Crippen LogP contribution in [0.25, 0.3) is 5.69 Å². The smallest absolute Gasteiger partial charge is 0.113 e. The molecule has 0 fully saturated rings. The van der Waals surface area contributed by atoms with Crippen molar-refractivity contribution in [3.05, 3.63) is 54.5 Å². The summed E-state index contributed by atoms with van der Waals surface area (Å²) in [4.78, 5) is 4.38. The number of benzene rings is 1. The average Bonchev–Trinajstić information content (AvgIpc) is 2.70. The summed E-state index contributed by atoms with van der Waals surface area (Å²) in [5.41, 5.74) is 2.57. The number of hydrogen-bond acceptors (Lipinski definition) is 2. The van der Waals surface area contributed by atoms with Crippen molar-refractivity contribution in [2.45, 2.75) is 13.3 Å². The van der Waals surface area contributed by atoms with Crippen molar-refractivity contribution in [2.75, 3.05) is 0 Å². The molecule has 1 heterocycles. The highest BCUT2D eigenvalue weighted by Gasteiger charge is 2.05. The third-order valence-corrected chi connectivity index (χ3v) is 2.38. The third-order valence-electron chi connectivity index (χ3n) is 2.38. The summed E-state index contributed by atoms with van der Waals surface area (Å²) in [6.07, 6.45) is 2.58. The first-order valence-electron chi connectivity index (χ1n) is 5.09. The van der Waals surface area contributed by atoms with E-state index >= 15 is 0 Å². The normalized spacial score (nSPS) is 10.1. The number of imidazole rings is 1. The van der Waals surface area contributed by atoms with Crippen LogP contribution in [0.3, 0.4) is 0 Å². The zero-order valence-electron chi connectivity index (χ0n) is 9.14. The predicted octanol–water partition coefficient (Wildman–Crippen LogP) is 2.43. The van der Waals surface area contributed by atoms with Gasteiger partial charge in [-0.05, 0) is 32.0 Å². The van der Waals surface area contributed by atoms with Gasteiger partial charge in [0.05, 0.1) is 17.3 Å². The maximum absolute atomic E-state index is 8.85. The molecular weight excluding hydrogens is 198 g/mol. The molecule has 0 N–H and O–H groups in total. The lowest BCUT2D eigenvalue weighted by Gasteiger charge is -2.05. The van der Waals surface area contributed by atoms with E-state index in [1.54, 1.807) is 6.07 Å². The van der Waals surface area contributed by atoms with Crippen molar-refractivity contribution in [1.29, 1.82) is 5.26 Å². The topological polar surface area (TPSA) is 41.6 Å². The number of rotatable bonds is 2. The Morgan fingerprint density at radius 3 is 3.00 bits per heavy atom. The van der Waals surface area contributed by atoms with Crippen molar-refractivity contribution in [3.8, 4) is 11.8 Å². The Morgan fingerprint density at radius 2 is 2.31 bits per heavy atom. The molecule has 0 saturated heterocycles. The summed E-state index contributed by atoms with van der Waals surface area (Å²) in [7, 11) is 0. The van der Waals surface area contributed by atoms with E-state index in [9.17, 15) is 0 Å². The Labute approximate surface area is 95.0 Å². The Bertz CT molecular complexity index is 547. The van der Waals surface area contributed by atoms with Gasteiger partial charge >= 0.3 is 0 Å². The molecule has 0 aliphatic carbocycles. The summed E-state index contributed by atoms with van der Waals surface area (Å²) in [5.74, 6) is 0.910. The van der Waals surface area contributed by atoms with Gasteiger partial charge in [0.15, 0.2) is 0 Å². The minimum Gasteiger partial charge on any atom is -0.303 e. The fraction of sp³-hybridized carbons (Fsp3) is 0.154. The monoisotopic (exact) mass is 210 g/mol. The zero-order valence-corrected chi connectivity index (χ0v) is 9.14. The van der Waals surface area contributed by atoms with E-state index in [1.807, 2.05) is 35.9 Å². The van der Waals surface area contributed by atoms with Crippen LogP contribution >= 0.6 is 0 Å². The van der Waals surface area contributed by atoms with Crippen LogP contribution in [-0.4, -0.2) is 9.55 Å². The van der Waals surface area contributed by atoms with Gasteiger partial charge < -0.3 is 4.57 Å². The molecule has 1 aromatic carbocycles. The van der Waals surface area contributed by atoms with E-state index in [2.05, 4.69) is 18.0 Å². The number of aryl methyl sites for hydroxylation is 1. The van der Waals surface area contributed by atoms with Gasteiger partial charge in [0, 0.05) is 18.3 Å². The summed E-state index contributed by atoms with van der Waals surface area (Å²) in [6, 6.07) is 9.60. The molecule has 2 aromatic rings. The first-order chi connectivity index (χ1) is 7.74. The lowest BCUT2D eigenvalue weighted by molar-refractivity contribution is 0.926. The predicted molar refractivity (Wildman–Crippen MR) is 62.1 cm³/mol. The zero-order chi connectivity index (χ0) is 11.5. The highest BCUT2D eigenvalue weighted by molar-refractivity contribution is 5.42. The van der Waals surface area contributed by atoms with Crippen molar-refractivity contribution in [2.24, 2.45) is 0 Å². The fourth-order valence-electron chi connectivity index (χ4n) is 1.67. The molecule has 0 saturated carbocycles. The van der Waals surface area contributed by atoms with Crippen molar-refractivity contribution >= 4 is 0 Å². The lowest BCUT2D eigenvalue weighted by Crippen LogP contribution is -1.99. The molecule has 0 aliphatic rings. The first kappa shape index (κ1) is 10.4. The molecule has 1 radical (unpaired) electrons. The quantitative estimate of drug-likeness (QED) is 0.763. The number of nitrogens with zero attached hydrogens (tertiary/aromatic N) is 3. The summed E-state index contributed by atoms with van der Waals surface area (Å²) in [5, 5.41) is 8.85. The molecule has 0 unspecified atom stereocenters. The van der Waals surface area contributed by atoms with Gasteiger partial charge in [-0.1, -0.05) is 6.07 Å². The van der Waals surface area contributed by atoms with E-state index in [0.717, 1.165) is 17.2 Å². The number of hydrogen-bond donors (Lipinski definition) is 0. The largest absolute Gasteiger partial charge is 0.303 e. The van der Waals surface area contributed by atoms with E-state index in [0.29, 0.717) is 12.0 Å². The van der Waals surface area contributed by atoms with Crippen LogP contribution in [-0.2, 0) is 6.42 Å². The van der Waals surface area contributed by atoms with E-state index in [4.69, 9.17) is 5.26 Å². The summed E-state index contributed by atoms with van der Waals surface area (Å²) < 4.78 is 1.98. The molecule has 1 aromatic heterocycles. The Hall–Kier alpha value is -2.08. The molecule has 0 atom stereocenters. The SMILES string of the molecule is [CH2]Cc1nc(C)cn1-c1cccc(C#N)c1. The molecule has 3 nitrogen and oxygen atoms in total.